The molecule has 0 radical (unpaired) electrons. The molecule has 0 unspecified atom stereocenters. The van der Waals surface area contributed by atoms with Crippen molar-refractivity contribution in [3.8, 4) is 0 Å². The van der Waals surface area contributed by atoms with E-state index in [2.05, 4.69) is 26.7 Å². The van der Waals surface area contributed by atoms with Gasteiger partial charge in [-0.05, 0) is 74.5 Å². The van der Waals surface area contributed by atoms with E-state index >= 15 is 0 Å². The second-order valence-electron chi connectivity index (χ2n) is 10.9. The van der Waals surface area contributed by atoms with Gasteiger partial charge in [0.25, 0.3) is 0 Å². The fourth-order valence-electron chi connectivity index (χ4n) is 7.53. The van der Waals surface area contributed by atoms with Gasteiger partial charge in [0.15, 0.2) is 5.16 Å². The molecule has 1 amide bonds. The van der Waals surface area contributed by atoms with Crippen molar-refractivity contribution in [1.29, 1.82) is 0 Å². The van der Waals surface area contributed by atoms with Crippen LogP contribution in [0, 0.1) is 23.2 Å². The minimum absolute atomic E-state index is 0.132. The fraction of sp³-hybridized carbons (Fsp3) is 0.800. The third-order valence-electron chi connectivity index (χ3n) is 8.36. The molecule has 0 atom stereocenters. The Bertz CT molecular complexity index is 760. The minimum atomic E-state index is 0.132. The standard InChI is InChI=1S/C25H38N4OS/c1-2-9-29-22(16-25-13-18-10-19(14-25)12-20(11-18)15-25)27-28-24(29)31-17-23(30)26-21-7-5-3-4-6-8-21/h2,18-21H,1,3-17H2,(H,26,30). The number of thioether (sulfide) groups is 1. The lowest BCUT2D eigenvalue weighted by atomic mass is 9.49. The minimum Gasteiger partial charge on any atom is -0.353 e. The maximum absolute atomic E-state index is 12.6. The van der Waals surface area contributed by atoms with Crippen molar-refractivity contribution in [1.82, 2.24) is 20.1 Å². The summed E-state index contributed by atoms with van der Waals surface area (Å²) in [6, 6.07) is 0.355. The smallest absolute Gasteiger partial charge is 0.230 e. The van der Waals surface area contributed by atoms with E-state index in [1.54, 1.807) is 0 Å². The van der Waals surface area contributed by atoms with Crippen LogP contribution in [-0.2, 0) is 17.8 Å². The molecule has 0 aliphatic heterocycles. The van der Waals surface area contributed by atoms with Gasteiger partial charge in [-0.1, -0.05) is 43.5 Å². The summed E-state index contributed by atoms with van der Waals surface area (Å²) in [6.07, 6.45) is 18.9. The monoisotopic (exact) mass is 442 g/mol. The molecule has 6 heteroatoms. The van der Waals surface area contributed by atoms with E-state index < -0.39 is 0 Å². The van der Waals surface area contributed by atoms with Crippen LogP contribution < -0.4 is 5.32 Å². The third-order valence-corrected chi connectivity index (χ3v) is 9.32. The van der Waals surface area contributed by atoms with Gasteiger partial charge < -0.3 is 9.88 Å². The van der Waals surface area contributed by atoms with Crippen LogP contribution >= 0.6 is 11.8 Å². The maximum atomic E-state index is 12.6. The number of rotatable bonds is 8. The SMILES string of the molecule is C=CCn1c(CC23CC4CC(CC(C4)C2)C3)nnc1SCC(=O)NC1CCCCCC1. The van der Waals surface area contributed by atoms with E-state index in [1.165, 1.54) is 76.0 Å². The molecule has 4 bridgehead atoms. The van der Waals surface area contributed by atoms with Crippen LogP contribution in [-0.4, -0.2) is 32.5 Å². The number of amides is 1. The van der Waals surface area contributed by atoms with Gasteiger partial charge in [0.05, 0.1) is 5.75 Å². The van der Waals surface area contributed by atoms with E-state index in [0.717, 1.165) is 54.5 Å². The molecule has 170 valence electrons. The summed E-state index contributed by atoms with van der Waals surface area (Å²) in [5, 5.41) is 13.3. The molecular weight excluding hydrogens is 404 g/mol. The van der Waals surface area contributed by atoms with Crippen molar-refractivity contribution in [3.05, 3.63) is 18.5 Å². The van der Waals surface area contributed by atoms with Crippen LogP contribution in [0.5, 0.6) is 0 Å². The maximum Gasteiger partial charge on any atom is 0.230 e. The molecule has 0 aromatic carbocycles. The quantitative estimate of drug-likeness (QED) is 0.343. The number of hydrogen-bond acceptors (Lipinski definition) is 4. The van der Waals surface area contributed by atoms with Crippen LogP contribution in [0.25, 0.3) is 0 Å². The fourth-order valence-corrected chi connectivity index (χ4v) is 8.31. The lowest BCUT2D eigenvalue weighted by molar-refractivity contribution is -0.119. The summed E-state index contributed by atoms with van der Waals surface area (Å²) >= 11 is 1.53. The molecule has 1 heterocycles. The zero-order valence-electron chi connectivity index (χ0n) is 18.9. The van der Waals surface area contributed by atoms with E-state index in [-0.39, 0.29) is 5.91 Å². The van der Waals surface area contributed by atoms with Gasteiger partial charge >= 0.3 is 0 Å². The second kappa shape index (κ2) is 9.29. The van der Waals surface area contributed by atoms with Crippen molar-refractivity contribution < 1.29 is 4.79 Å². The van der Waals surface area contributed by atoms with E-state index in [1.807, 2.05) is 6.08 Å². The van der Waals surface area contributed by atoms with Crippen molar-refractivity contribution in [2.24, 2.45) is 23.2 Å². The average molecular weight is 443 g/mol. The Morgan fingerprint density at radius 2 is 1.71 bits per heavy atom. The third kappa shape index (κ3) is 4.89. The summed E-state index contributed by atoms with van der Waals surface area (Å²) in [5.74, 6) is 4.50. The van der Waals surface area contributed by atoms with Gasteiger partial charge in [-0.2, -0.15) is 0 Å². The van der Waals surface area contributed by atoms with Crippen molar-refractivity contribution in [3.63, 3.8) is 0 Å². The zero-order valence-corrected chi connectivity index (χ0v) is 19.7. The van der Waals surface area contributed by atoms with E-state index in [9.17, 15) is 4.79 Å². The lowest BCUT2D eigenvalue weighted by Gasteiger charge is -2.56. The molecule has 5 fully saturated rings. The summed E-state index contributed by atoms with van der Waals surface area (Å²) in [4.78, 5) is 12.6. The number of nitrogens with zero attached hydrogens (tertiary/aromatic N) is 3. The molecule has 1 aromatic heterocycles. The second-order valence-corrected chi connectivity index (χ2v) is 11.9. The summed E-state index contributed by atoms with van der Waals surface area (Å²) in [6.45, 7) is 4.68. The van der Waals surface area contributed by atoms with E-state index in [0.29, 0.717) is 17.2 Å². The number of carbonyl (C=O) groups excluding carboxylic acids is 1. The van der Waals surface area contributed by atoms with Gasteiger partial charge in [-0.3, -0.25) is 4.79 Å². The summed E-state index contributed by atoms with van der Waals surface area (Å²) in [5.41, 5.74) is 0.444. The number of aromatic nitrogens is 3. The van der Waals surface area contributed by atoms with Crippen molar-refractivity contribution in [2.75, 3.05) is 5.75 Å². The van der Waals surface area contributed by atoms with Crippen LogP contribution in [0.4, 0.5) is 0 Å². The van der Waals surface area contributed by atoms with Gasteiger partial charge in [-0.25, -0.2) is 0 Å². The highest BCUT2D eigenvalue weighted by Crippen LogP contribution is 2.61. The molecule has 0 spiro atoms. The number of hydrogen-bond donors (Lipinski definition) is 1. The predicted molar refractivity (Wildman–Crippen MR) is 125 cm³/mol. The molecule has 5 aliphatic carbocycles. The Balaban J connectivity index is 1.22. The highest BCUT2D eigenvalue weighted by atomic mass is 32.2. The Kier molecular flexibility index (Phi) is 6.45. The van der Waals surface area contributed by atoms with Gasteiger partial charge in [0.2, 0.25) is 5.91 Å². The predicted octanol–water partition coefficient (Wildman–Crippen LogP) is 5.15. The number of allylic oxidation sites excluding steroid dienone is 1. The molecule has 1 aromatic rings. The molecule has 1 N–H and O–H groups in total. The average Bonchev–Trinajstić information content (AvgIpc) is 2.91. The van der Waals surface area contributed by atoms with Gasteiger partial charge in [-0.15, -0.1) is 16.8 Å². The molecule has 5 saturated carbocycles. The Hall–Kier alpha value is -1.30. The molecule has 5 aliphatic rings. The van der Waals surface area contributed by atoms with Gasteiger partial charge in [0.1, 0.15) is 5.82 Å². The van der Waals surface area contributed by atoms with E-state index in [4.69, 9.17) is 0 Å². The van der Waals surface area contributed by atoms with Gasteiger partial charge in [0, 0.05) is 19.0 Å². The molecule has 6 rings (SSSR count). The first kappa shape index (κ1) is 21.5. The molecule has 0 saturated heterocycles. The topological polar surface area (TPSA) is 59.8 Å². The molecular formula is C25H38N4OS. The first-order chi connectivity index (χ1) is 15.1. The Morgan fingerprint density at radius 3 is 2.32 bits per heavy atom. The first-order valence-corrected chi connectivity index (χ1v) is 13.6. The summed E-state index contributed by atoms with van der Waals surface area (Å²) < 4.78 is 2.22. The summed E-state index contributed by atoms with van der Waals surface area (Å²) in [7, 11) is 0. The number of nitrogens with one attached hydrogen (secondary N) is 1. The van der Waals surface area contributed by atoms with Crippen molar-refractivity contribution in [2.45, 2.75) is 101 Å². The normalized spacial score (nSPS) is 32.7. The Morgan fingerprint density at radius 1 is 1.06 bits per heavy atom. The lowest BCUT2D eigenvalue weighted by Crippen LogP contribution is -2.47. The Labute approximate surface area is 191 Å². The van der Waals surface area contributed by atoms with Crippen LogP contribution in [0.2, 0.25) is 0 Å². The van der Waals surface area contributed by atoms with Crippen LogP contribution in [0.1, 0.15) is 82.9 Å². The highest BCUT2D eigenvalue weighted by Gasteiger charge is 2.51. The molecule has 31 heavy (non-hydrogen) atoms. The van der Waals surface area contributed by atoms with Crippen LogP contribution in [0.3, 0.4) is 0 Å². The van der Waals surface area contributed by atoms with Crippen LogP contribution in [0.15, 0.2) is 17.8 Å². The van der Waals surface area contributed by atoms with Crippen molar-refractivity contribution >= 4 is 17.7 Å². The number of carbonyl (C=O) groups is 1. The first-order valence-electron chi connectivity index (χ1n) is 12.6. The largest absolute Gasteiger partial charge is 0.353 e. The zero-order chi connectivity index (χ0) is 21.3. The molecule has 5 nitrogen and oxygen atoms in total. The highest BCUT2D eigenvalue weighted by molar-refractivity contribution is 7.99.